The second kappa shape index (κ2) is 9.51. The highest BCUT2D eigenvalue weighted by molar-refractivity contribution is 6.36. The zero-order chi connectivity index (χ0) is 21.7. The molecule has 0 bridgehead atoms. The Morgan fingerprint density at radius 1 is 1.03 bits per heavy atom. The Hall–Kier alpha value is -3.23. The average molecular weight is 449 g/mol. The van der Waals surface area contributed by atoms with E-state index in [1.807, 2.05) is 0 Å². The zero-order valence-corrected chi connectivity index (χ0v) is 17.8. The first-order valence-corrected chi connectivity index (χ1v) is 9.36. The third-order valence-corrected chi connectivity index (χ3v) is 4.68. The number of amides is 1. The summed E-state index contributed by atoms with van der Waals surface area (Å²) >= 11 is 12.1. The van der Waals surface area contributed by atoms with Crippen LogP contribution in [0.5, 0.6) is 17.2 Å². The molecule has 2 aromatic carbocycles. The number of methoxy groups -OCH3 is 3. The number of aromatic nitrogens is 2. The van der Waals surface area contributed by atoms with Gasteiger partial charge in [-0.2, -0.15) is 10.2 Å². The van der Waals surface area contributed by atoms with Crippen LogP contribution in [0.2, 0.25) is 10.0 Å². The lowest BCUT2D eigenvalue weighted by molar-refractivity contribution is 0.0950. The summed E-state index contributed by atoms with van der Waals surface area (Å²) in [7, 11) is 4.57. The Balaban J connectivity index is 1.75. The molecular weight excluding hydrogens is 431 g/mol. The summed E-state index contributed by atoms with van der Waals surface area (Å²) in [6.45, 7) is 0. The van der Waals surface area contributed by atoms with Gasteiger partial charge in [-0.1, -0.05) is 23.2 Å². The predicted octanol–water partition coefficient (Wildman–Crippen LogP) is 4.17. The first-order valence-electron chi connectivity index (χ1n) is 8.61. The molecule has 0 spiro atoms. The van der Waals surface area contributed by atoms with Gasteiger partial charge in [0, 0.05) is 22.2 Å². The number of benzene rings is 2. The number of hydrazone groups is 1. The van der Waals surface area contributed by atoms with E-state index in [-0.39, 0.29) is 5.69 Å². The third-order valence-electron chi connectivity index (χ3n) is 4.14. The van der Waals surface area contributed by atoms with Crippen molar-refractivity contribution in [2.45, 2.75) is 0 Å². The van der Waals surface area contributed by atoms with Gasteiger partial charge in [0.2, 0.25) is 0 Å². The molecule has 8 nitrogen and oxygen atoms in total. The lowest BCUT2D eigenvalue weighted by atomic mass is 10.1. The normalized spacial score (nSPS) is 10.8. The highest BCUT2D eigenvalue weighted by Gasteiger charge is 2.14. The van der Waals surface area contributed by atoms with E-state index in [1.54, 1.807) is 36.4 Å². The monoisotopic (exact) mass is 448 g/mol. The molecule has 3 aromatic rings. The minimum Gasteiger partial charge on any atom is -0.496 e. The van der Waals surface area contributed by atoms with E-state index in [2.05, 4.69) is 20.7 Å². The molecule has 1 aromatic heterocycles. The molecule has 1 heterocycles. The van der Waals surface area contributed by atoms with Gasteiger partial charge in [0.05, 0.1) is 38.3 Å². The van der Waals surface area contributed by atoms with E-state index in [1.165, 1.54) is 27.5 Å². The number of hydrogen-bond acceptors (Lipinski definition) is 6. The van der Waals surface area contributed by atoms with E-state index in [0.29, 0.717) is 44.1 Å². The topological polar surface area (TPSA) is 97.8 Å². The second-order valence-corrected chi connectivity index (χ2v) is 6.78. The predicted molar refractivity (Wildman–Crippen MR) is 115 cm³/mol. The molecule has 0 atom stereocenters. The summed E-state index contributed by atoms with van der Waals surface area (Å²) in [5, 5.41) is 11.7. The summed E-state index contributed by atoms with van der Waals surface area (Å²) < 4.78 is 15.8. The highest BCUT2D eigenvalue weighted by atomic mass is 35.5. The fraction of sp³-hybridized carbons (Fsp3) is 0.150. The van der Waals surface area contributed by atoms with Crippen LogP contribution in [0.25, 0.3) is 11.3 Å². The molecule has 1 amide bonds. The number of rotatable bonds is 7. The van der Waals surface area contributed by atoms with Gasteiger partial charge in [-0.3, -0.25) is 9.89 Å². The van der Waals surface area contributed by atoms with Crippen molar-refractivity contribution in [3.63, 3.8) is 0 Å². The minimum atomic E-state index is -0.477. The molecule has 0 saturated carbocycles. The van der Waals surface area contributed by atoms with Crippen molar-refractivity contribution >= 4 is 35.3 Å². The number of hydrogen-bond donors (Lipinski definition) is 2. The number of H-pyrrole nitrogens is 1. The molecule has 10 heteroatoms. The summed E-state index contributed by atoms with van der Waals surface area (Å²) in [5.41, 5.74) is 4.39. The molecule has 0 aliphatic carbocycles. The Labute approximate surface area is 182 Å². The number of carbonyl (C=O) groups is 1. The second-order valence-electron chi connectivity index (χ2n) is 5.94. The maximum absolute atomic E-state index is 12.4. The SMILES string of the molecule is COc1cc(OC)c(OC)cc1C=NNC(=O)c1cc(-c2ccc(Cl)cc2Cl)n[nH]1. The summed E-state index contributed by atoms with van der Waals surface area (Å²) in [6, 6.07) is 9.94. The first kappa shape index (κ1) is 21.5. The van der Waals surface area contributed by atoms with Crippen LogP contribution >= 0.6 is 23.2 Å². The van der Waals surface area contributed by atoms with Crippen molar-refractivity contribution in [3.8, 4) is 28.5 Å². The van der Waals surface area contributed by atoms with Crippen molar-refractivity contribution in [2.24, 2.45) is 5.10 Å². The Morgan fingerprint density at radius 2 is 1.73 bits per heavy atom. The van der Waals surface area contributed by atoms with Gasteiger partial charge in [-0.15, -0.1) is 0 Å². The van der Waals surface area contributed by atoms with Gasteiger partial charge >= 0.3 is 0 Å². The fourth-order valence-electron chi connectivity index (χ4n) is 2.65. The summed E-state index contributed by atoms with van der Waals surface area (Å²) in [4.78, 5) is 12.4. The Kier molecular flexibility index (Phi) is 6.81. The molecule has 0 unspecified atom stereocenters. The highest BCUT2D eigenvalue weighted by Crippen LogP contribution is 2.33. The van der Waals surface area contributed by atoms with Crippen LogP contribution < -0.4 is 19.6 Å². The van der Waals surface area contributed by atoms with E-state index in [9.17, 15) is 4.79 Å². The van der Waals surface area contributed by atoms with Crippen LogP contribution in [0, 0.1) is 0 Å². The molecule has 30 heavy (non-hydrogen) atoms. The number of nitrogens with one attached hydrogen (secondary N) is 2. The Morgan fingerprint density at radius 3 is 2.40 bits per heavy atom. The molecule has 0 saturated heterocycles. The number of aromatic amines is 1. The molecule has 0 aliphatic rings. The molecular formula is C20H18Cl2N4O4. The summed E-state index contributed by atoms with van der Waals surface area (Å²) in [5.74, 6) is 1.05. The van der Waals surface area contributed by atoms with Crippen molar-refractivity contribution in [1.29, 1.82) is 0 Å². The standard InChI is InChI=1S/C20H18Cl2N4O4/c1-28-17-9-19(30-3)18(29-2)6-11(17)10-23-26-20(27)16-8-15(24-25-16)13-5-4-12(21)7-14(13)22/h4-10H,1-3H3,(H,24,25)(H,26,27). The van der Waals surface area contributed by atoms with Crippen LogP contribution in [-0.2, 0) is 0 Å². The lowest BCUT2D eigenvalue weighted by Gasteiger charge is -2.11. The molecule has 156 valence electrons. The van der Waals surface area contributed by atoms with Gasteiger partial charge in [0.15, 0.2) is 11.5 Å². The van der Waals surface area contributed by atoms with E-state index >= 15 is 0 Å². The number of halogens is 2. The van der Waals surface area contributed by atoms with Crippen LogP contribution in [0.15, 0.2) is 41.5 Å². The van der Waals surface area contributed by atoms with Crippen LogP contribution in [-0.4, -0.2) is 43.6 Å². The maximum atomic E-state index is 12.4. The Bertz CT molecular complexity index is 1100. The quantitative estimate of drug-likeness (QED) is 0.417. The van der Waals surface area contributed by atoms with E-state index in [4.69, 9.17) is 37.4 Å². The van der Waals surface area contributed by atoms with Crippen molar-refractivity contribution in [2.75, 3.05) is 21.3 Å². The molecule has 0 radical (unpaired) electrons. The van der Waals surface area contributed by atoms with Gasteiger partial charge in [0.25, 0.3) is 5.91 Å². The molecule has 2 N–H and O–H groups in total. The molecule has 3 rings (SSSR count). The van der Waals surface area contributed by atoms with Gasteiger partial charge < -0.3 is 14.2 Å². The summed E-state index contributed by atoms with van der Waals surface area (Å²) in [6.07, 6.45) is 1.44. The van der Waals surface area contributed by atoms with Crippen molar-refractivity contribution in [3.05, 3.63) is 57.7 Å². The van der Waals surface area contributed by atoms with Crippen LogP contribution in [0.1, 0.15) is 16.1 Å². The van der Waals surface area contributed by atoms with Crippen LogP contribution in [0.3, 0.4) is 0 Å². The molecule has 0 aliphatic heterocycles. The lowest BCUT2D eigenvalue weighted by Crippen LogP contribution is -2.18. The third kappa shape index (κ3) is 4.67. The molecule has 0 fully saturated rings. The average Bonchev–Trinajstić information content (AvgIpc) is 3.23. The maximum Gasteiger partial charge on any atom is 0.289 e. The largest absolute Gasteiger partial charge is 0.496 e. The van der Waals surface area contributed by atoms with Crippen LogP contribution in [0.4, 0.5) is 0 Å². The van der Waals surface area contributed by atoms with Crippen molar-refractivity contribution in [1.82, 2.24) is 15.6 Å². The van der Waals surface area contributed by atoms with Gasteiger partial charge in [-0.25, -0.2) is 5.43 Å². The van der Waals surface area contributed by atoms with E-state index in [0.717, 1.165) is 0 Å². The first-order chi connectivity index (χ1) is 14.5. The smallest absolute Gasteiger partial charge is 0.289 e. The number of ether oxygens (including phenoxy) is 3. The minimum absolute atomic E-state index is 0.215. The van der Waals surface area contributed by atoms with Gasteiger partial charge in [0.1, 0.15) is 11.4 Å². The number of nitrogens with zero attached hydrogens (tertiary/aromatic N) is 2. The fourth-order valence-corrected chi connectivity index (χ4v) is 3.15. The zero-order valence-electron chi connectivity index (χ0n) is 16.3. The number of carbonyl (C=O) groups excluding carboxylic acids is 1. The van der Waals surface area contributed by atoms with Crippen molar-refractivity contribution < 1.29 is 19.0 Å². The van der Waals surface area contributed by atoms with E-state index < -0.39 is 5.91 Å². The van der Waals surface area contributed by atoms with Gasteiger partial charge in [-0.05, 0) is 30.3 Å².